The number of fused-ring (bicyclic) bond motifs is 1. The van der Waals surface area contributed by atoms with Crippen LogP contribution in [0.2, 0.25) is 5.02 Å². The van der Waals surface area contributed by atoms with Gasteiger partial charge < -0.3 is 9.47 Å². The zero-order valence-electron chi connectivity index (χ0n) is 20.4. The Labute approximate surface area is 212 Å². The summed E-state index contributed by atoms with van der Waals surface area (Å²) in [5.41, 5.74) is 4.55. The largest absolute Gasteiger partial charge is 0.493 e. The van der Waals surface area contributed by atoms with Crippen LogP contribution in [0.3, 0.4) is 0 Å². The van der Waals surface area contributed by atoms with Crippen LogP contribution in [0, 0.1) is 6.92 Å². The van der Waals surface area contributed by atoms with Crippen molar-refractivity contribution in [3.8, 4) is 11.5 Å². The van der Waals surface area contributed by atoms with Gasteiger partial charge in [-0.3, -0.25) is 4.90 Å². The molecule has 35 heavy (non-hydrogen) atoms. The van der Waals surface area contributed by atoms with Crippen molar-refractivity contribution in [2.45, 2.75) is 43.8 Å². The summed E-state index contributed by atoms with van der Waals surface area (Å²) >= 11 is 5.96. The maximum absolute atomic E-state index is 13.2. The standard InChI is InChI=1S/C27H31ClN2O4S/c1-18-5-7-20(8-6-18)17-30-14-13-21-15-25(33-3)26(34-4)16-24(21)27(30)19(2)29-35(31,32)23-11-9-22(28)10-12-23/h5-12,15-16,19,27,29H,13-14,17H2,1-4H3. The second-order valence-corrected chi connectivity index (χ2v) is 11.1. The summed E-state index contributed by atoms with van der Waals surface area (Å²) in [6.07, 6.45) is 0.828. The van der Waals surface area contributed by atoms with Gasteiger partial charge in [0.2, 0.25) is 10.0 Å². The molecule has 1 heterocycles. The van der Waals surface area contributed by atoms with Gasteiger partial charge in [-0.2, -0.15) is 0 Å². The molecule has 1 aliphatic rings. The predicted molar refractivity (Wildman–Crippen MR) is 139 cm³/mol. The Bertz CT molecular complexity index is 1280. The first-order valence-electron chi connectivity index (χ1n) is 11.5. The summed E-state index contributed by atoms with van der Waals surface area (Å²) in [5, 5.41) is 0.489. The lowest BCUT2D eigenvalue weighted by atomic mass is 9.88. The smallest absolute Gasteiger partial charge is 0.240 e. The first-order valence-corrected chi connectivity index (χ1v) is 13.4. The fourth-order valence-electron chi connectivity index (χ4n) is 4.71. The van der Waals surface area contributed by atoms with Crippen LogP contribution in [0.4, 0.5) is 0 Å². The molecule has 0 fully saturated rings. The fraction of sp³-hybridized carbons (Fsp3) is 0.333. The third-order valence-corrected chi connectivity index (χ3v) is 8.30. The number of aryl methyl sites for hydroxylation is 1. The van der Waals surface area contributed by atoms with Gasteiger partial charge in [-0.05, 0) is 73.4 Å². The molecule has 3 aromatic rings. The molecule has 0 saturated carbocycles. The van der Waals surface area contributed by atoms with Gasteiger partial charge >= 0.3 is 0 Å². The Balaban J connectivity index is 1.71. The highest BCUT2D eigenvalue weighted by molar-refractivity contribution is 7.89. The molecular formula is C27H31ClN2O4S. The first-order chi connectivity index (χ1) is 16.7. The van der Waals surface area contributed by atoms with Crippen molar-refractivity contribution < 1.29 is 17.9 Å². The number of benzene rings is 3. The second-order valence-electron chi connectivity index (χ2n) is 8.92. The summed E-state index contributed by atoms with van der Waals surface area (Å²) in [6.45, 7) is 5.46. The molecule has 1 N–H and O–H groups in total. The average Bonchev–Trinajstić information content (AvgIpc) is 2.84. The zero-order valence-corrected chi connectivity index (χ0v) is 22.0. The summed E-state index contributed by atoms with van der Waals surface area (Å²) in [6, 6.07) is 18.0. The van der Waals surface area contributed by atoms with Crippen molar-refractivity contribution in [1.29, 1.82) is 0 Å². The maximum Gasteiger partial charge on any atom is 0.240 e. The Kier molecular flexibility index (Phi) is 7.71. The summed E-state index contributed by atoms with van der Waals surface area (Å²) < 4.78 is 40.4. The van der Waals surface area contributed by atoms with E-state index in [1.54, 1.807) is 26.4 Å². The van der Waals surface area contributed by atoms with Crippen molar-refractivity contribution in [3.05, 3.63) is 87.9 Å². The van der Waals surface area contributed by atoms with Crippen molar-refractivity contribution in [2.75, 3.05) is 20.8 Å². The Morgan fingerprint density at radius 1 is 1.03 bits per heavy atom. The lowest BCUT2D eigenvalue weighted by Crippen LogP contribution is -2.47. The molecule has 0 bridgehead atoms. The normalized spacial score (nSPS) is 17.0. The molecule has 3 aromatic carbocycles. The predicted octanol–water partition coefficient (Wildman–Crippen LogP) is 5.13. The number of rotatable bonds is 8. The molecule has 8 heteroatoms. The van der Waals surface area contributed by atoms with Crippen LogP contribution in [-0.4, -0.2) is 40.1 Å². The zero-order chi connectivity index (χ0) is 25.2. The molecule has 4 rings (SSSR count). The number of hydrogen-bond donors (Lipinski definition) is 1. The van der Waals surface area contributed by atoms with Crippen molar-refractivity contribution >= 4 is 21.6 Å². The van der Waals surface area contributed by atoms with E-state index < -0.39 is 16.1 Å². The number of sulfonamides is 1. The van der Waals surface area contributed by atoms with Gasteiger partial charge in [0.15, 0.2) is 11.5 Å². The topological polar surface area (TPSA) is 67.9 Å². The molecular weight excluding hydrogens is 484 g/mol. The minimum atomic E-state index is -3.75. The molecule has 0 amide bonds. The Morgan fingerprint density at radius 2 is 1.66 bits per heavy atom. The van der Waals surface area contributed by atoms with Gasteiger partial charge in [0.1, 0.15) is 0 Å². The van der Waals surface area contributed by atoms with Crippen LogP contribution in [-0.2, 0) is 23.0 Å². The van der Waals surface area contributed by atoms with E-state index in [1.165, 1.54) is 23.3 Å². The van der Waals surface area contributed by atoms with Crippen LogP contribution < -0.4 is 14.2 Å². The van der Waals surface area contributed by atoms with Crippen LogP contribution >= 0.6 is 11.6 Å². The molecule has 0 aliphatic carbocycles. The van der Waals surface area contributed by atoms with Crippen molar-refractivity contribution in [2.24, 2.45) is 0 Å². The minimum Gasteiger partial charge on any atom is -0.493 e. The van der Waals surface area contributed by atoms with E-state index >= 15 is 0 Å². The lowest BCUT2D eigenvalue weighted by molar-refractivity contribution is 0.150. The third-order valence-electron chi connectivity index (χ3n) is 6.47. The number of nitrogens with one attached hydrogen (secondary N) is 1. The van der Waals surface area contributed by atoms with Crippen molar-refractivity contribution in [1.82, 2.24) is 9.62 Å². The lowest BCUT2D eigenvalue weighted by Gasteiger charge is -2.41. The van der Waals surface area contributed by atoms with E-state index in [1.807, 2.05) is 19.1 Å². The third kappa shape index (κ3) is 5.64. The van der Waals surface area contributed by atoms with Gasteiger partial charge in [-0.15, -0.1) is 0 Å². The number of methoxy groups -OCH3 is 2. The molecule has 0 saturated heterocycles. The monoisotopic (exact) mass is 514 g/mol. The SMILES string of the molecule is COc1cc2c(cc1OC)C(C(C)NS(=O)(=O)c1ccc(Cl)cc1)N(Cc1ccc(C)cc1)CC2. The number of halogens is 1. The van der Waals surface area contributed by atoms with E-state index in [4.69, 9.17) is 21.1 Å². The maximum atomic E-state index is 13.2. The van der Waals surface area contributed by atoms with E-state index in [0.29, 0.717) is 23.1 Å². The summed E-state index contributed by atoms with van der Waals surface area (Å²) in [7, 11) is -0.518. The Hall–Kier alpha value is -2.58. The van der Waals surface area contributed by atoms with E-state index in [0.717, 1.165) is 24.1 Å². The average molecular weight is 515 g/mol. The van der Waals surface area contributed by atoms with Gasteiger partial charge in [0.05, 0.1) is 25.2 Å². The van der Waals surface area contributed by atoms with Gasteiger partial charge in [0, 0.05) is 24.2 Å². The minimum absolute atomic E-state index is 0.183. The van der Waals surface area contributed by atoms with E-state index in [2.05, 4.69) is 40.8 Å². The molecule has 6 nitrogen and oxygen atoms in total. The van der Waals surface area contributed by atoms with Crippen LogP contribution in [0.15, 0.2) is 65.6 Å². The molecule has 0 aromatic heterocycles. The quantitative estimate of drug-likeness (QED) is 0.451. The van der Waals surface area contributed by atoms with Crippen LogP contribution in [0.5, 0.6) is 11.5 Å². The van der Waals surface area contributed by atoms with E-state index in [9.17, 15) is 8.42 Å². The van der Waals surface area contributed by atoms with Gasteiger partial charge in [0.25, 0.3) is 0 Å². The number of ether oxygens (including phenoxy) is 2. The van der Waals surface area contributed by atoms with Gasteiger partial charge in [-0.25, -0.2) is 13.1 Å². The van der Waals surface area contributed by atoms with Crippen molar-refractivity contribution in [3.63, 3.8) is 0 Å². The number of hydrogen-bond acceptors (Lipinski definition) is 5. The molecule has 0 spiro atoms. The van der Waals surface area contributed by atoms with Crippen LogP contribution in [0.1, 0.15) is 35.2 Å². The highest BCUT2D eigenvalue weighted by Crippen LogP contribution is 2.40. The fourth-order valence-corrected chi connectivity index (χ4v) is 6.09. The Morgan fingerprint density at radius 3 is 2.29 bits per heavy atom. The molecule has 2 unspecified atom stereocenters. The van der Waals surface area contributed by atoms with E-state index in [-0.39, 0.29) is 10.9 Å². The first kappa shape index (κ1) is 25.5. The molecule has 0 radical (unpaired) electrons. The van der Waals surface area contributed by atoms with Gasteiger partial charge in [-0.1, -0.05) is 41.4 Å². The molecule has 1 aliphatic heterocycles. The highest BCUT2D eigenvalue weighted by atomic mass is 35.5. The molecule has 186 valence electrons. The highest BCUT2D eigenvalue weighted by Gasteiger charge is 2.35. The summed E-state index contributed by atoms with van der Waals surface area (Å²) in [4.78, 5) is 2.51. The van der Waals surface area contributed by atoms with Crippen LogP contribution in [0.25, 0.3) is 0 Å². The number of nitrogens with zero attached hydrogens (tertiary/aromatic N) is 1. The molecule has 2 atom stereocenters. The summed E-state index contributed by atoms with van der Waals surface area (Å²) in [5.74, 6) is 1.30. The second kappa shape index (κ2) is 10.6.